The molecule has 2 aromatic heterocycles. The first kappa shape index (κ1) is 24.4. The molecule has 10 heteroatoms. The van der Waals surface area contributed by atoms with Crippen molar-refractivity contribution in [3.63, 3.8) is 0 Å². The lowest BCUT2D eigenvalue weighted by Crippen LogP contribution is -2.39. The Morgan fingerprint density at radius 1 is 1.08 bits per heavy atom. The largest absolute Gasteiger partial charge is 0.434 e. The van der Waals surface area contributed by atoms with Gasteiger partial charge in [-0.25, -0.2) is 15.0 Å². The number of halogens is 2. The number of hydrogen-bond donors (Lipinski definition) is 1. The van der Waals surface area contributed by atoms with Gasteiger partial charge in [0.25, 0.3) is 5.91 Å². The molecule has 2 aromatic carbocycles. The van der Waals surface area contributed by atoms with Gasteiger partial charge in [0, 0.05) is 41.5 Å². The first-order chi connectivity index (χ1) is 18.0. The molecular weight excluding hydrogens is 492 g/mol. The van der Waals surface area contributed by atoms with Crippen LogP contribution in [0.3, 0.4) is 0 Å². The number of aromatic nitrogens is 4. The lowest BCUT2D eigenvalue weighted by Gasteiger charge is -2.31. The van der Waals surface area contributed by atoms with Crippen LogP contribution >= 0.6 is 0 Å². The van der Waals surface area contributed by atoms with Gasteiger partial charge >= 0.3 is 6.61 Å². The third-order valence-electron chi connectivity index (χ3n) is 7.28. The zero-order chi connectivity index (χ0) is 26.9. The predicted molar refractivity (Wildman–Crippen MR) is 136 cm³/mol. The van der Waals surface area contributed by atoms with Crippen LogP contribution in [0.5, 0.6) is 5.75 Å². The normalized spacial score (nSPS) is 18.8. The minimum Gasteiger partial charge on any atom is -0.434 e. The van der Waals surface area contributed by atoms with Crippen LogP contribution in [0.1, 0.15) is 73.8 Å². The Morgan fingerprint density at radius 3 is 2.47 bits per heavy atom. The van der Waals surface area contributed by atoms with Crippen LogP contribution < -0.4 is 4.74 Å². The first-order valence-electron chi connectivity index (χ1n) is 12.5. The number of ether oxygens (including phenoxy) is 1. The maximum Gasteiger partial charge on any atom is 0.387 e. The highest BCUT2D eigenvalue weighted by Gasteiger charge is 2.47. The Bertz CT molecular complexity index is 1560. The van der Waals surface area contributed by atoms with E-state index in [1.165, 1.54) is 6.07 Å². The standard InChI is InChI=1S/C28H27F2N5O3/c1-14(2)34-21-11-20(23-17(25(34)36)6-5-7-22(23)38-27(29)30)35-19-10-15(8-9-18(19)33-24(21)35)16-12-31-26(32-13-16)28(3,4)37/h5-10,12-14,20-21,27,37H,11H2,1-4H3. The number of alkyl halides is 2. The molecule has 0 radical (unpaired) electrons. The third-order valence-corrected chi connectivity index (χ3v) is 7.28. The lowest BCUT2D eigenvalue weighted by atomic mass is 9.97. The Morgan fingerprint density at radius 2 is 1.82 bits per heavy atom. The van der Waals surface area contributed by atoms with Crippen molar-refractivity contribution in [1.82, 2.24) is 24.4 Å². The van der Waals surface area contributed by atoms with Crippen molar-refractivity contribution in [1.29, 1.82) is 0 Å². The van der Waals surface area contributed by atoms with Gasteiger partial charge in [0.2, 0.25) is 0 Å². The molecule has 2 unspecified atom stereocenters. The Labute approximate surface area is 217 Å². The summed E-state index contributed by atoms with van der Waals surface area (Å²) < 4.78 is 33.8. The van der Waals surface area contributed by atoms with Crippen molar-refractivity contribution in [2.45, 2.75) is 64.5 Å². The monoisotopic (exact) mass is 519 g/mol. The molecule has 1 N–H and O–H groups in total. The molecule has 8 nitrogen and oxygen atoms in total. The van der Waals surface area contributed by atoms with E-state index in [-0.39, 0.29) is 23.7 Å². The van der Waals surface area contributed by atoms with E-state index in [1.54, 1.807) is 43.3 Å². The van der Waals surface area contributed by atoms with Crippen molar-refractivity contribution in [3.8, 4) is 16.9 Å². The number of imidazole rings is 1. The number of amides is 1. The molecule has 196 valence electrons. The molecule has 38 heavy (non-hydrogen) atoms. The van der Waals surface area contributed by atoms with E-state index in [0.29, 0.717) is 23.4 Å². The van der Waals surface area contributed by atoms with Crippen LogP contribution in [-0.2, 0) is 5.60 Å². The van der Waals surface area contributed by atoms with Crippen LogP contribution in [-0.4, -0.2) is 48.1 Å². The van der Waals surface area contributed by atoms with Gasteiger partial charge in [0.05, 0.1) is 23.1 Å². The number of carbonyl (C=O) groups is 1. The molecular formula is C28H27F2N5O3. The molecule has 2 aliphatic heterocycles. The van der Waals surface area contributed by atoms with Gasteiger partial charge in [-0.15, -0.1) is 0 Å². The Balaban J connectivity index is 1.55. The Hall–Kier alpha value is -3.92. The molecule has 2 bridgehead atoms. The molecule has 1 amide bonds. The second kappa shape index (κ2) is 8.56. The number of nitrogens with zero attached hydrogens (tertiary/aromatic N) is 5. The summed E-state index contributed by atoms with van der Waals surface area (Å²) in [5.74, 6) is 0.821. The lowest BCUT2D eigenvalue weighted by molar-refractivity contribution is -0.0507. The maximum atomic E-state index is 13.7. The van der Waals surface area contributed by atoms with Gasteiger partial charge < -0.3 is 19.3 Å². The van der Waals surface area contributed by atoms with Crippen LogP contribution in [0.25, 0.3) is 22.2 Å². The number of carbonyl (C=O) groups excluding carboxylic acids is 1. The van der Waals surface area contributed by atoms with E-state index in [0.717, 1.165) is 28.0 Å². The number of fused-ring (bicyclic) bond motifs is 9. The van der Waals surface area contributed by atoms with Gasteiger partial charge in [-0.05, 0) is 57.5 Å². The van der Waals surface area contributed by atoms with Crippen molar-refractivity contribution >= 4 is 16.9 Å². The summed E-state index contributed by atoms with van der Waals surface area (Å²) >= 11 is 0. The van der Waals surface area contributed by atoms with Crippen molar-refractivity contribution < 1.29 is 23.4 Å². The number of aliphatic hydroxyl groups is 1. The quantitative estimate of drug-likeness (QED) is 0.389. The highest BCUT2D eigenvalue weighted by molar-refractivity contribution is 5.98. The summed E-state index contributed by atoms with van der Waals surface area (Å²) in [7, 11) is 0. The fourth-order valence-electron chi connectivity index (χ4n) is 5.70. The summed E-state index contributed by atoms with van der Waals surface area (Å²) in [5.41, 5.74) is 2.81. The topological polar surface area (TPSA) is 93.4 Å². The molecule has 0 fully saturated rings. The second-order valence-electron chi connectivity index (χ2n) is 10.6. The molecule has 0 spiro atoms. The van der Waals surface area contributed by atoms with Crippen LogP contribution in [0, 0.1) is 0 Å². The van der Waals surface area contributed by atoms with E-state index >= 15 is 0 Å². The molecule has 6 rings (SSSR count). The maximum absolute atomic E-state index is 13.7. The average Bonchev–Trinajstić information content (AvgIpc) is 3.36. The van der Waals surface area contributed by atoms with Crippen LogP contribution in [0.2, 0.25) is 0 Å². The number of benzene rings is 2. The fourth-order valence-corrected chi connectivity index (χ4v) is 5.70. The van der Waals surface area contributed by atoms with Crippen molar-refractivity contribution in [2.75, 3.05) is 0 Å². The summed E-state index contributed by atoms with van der Waals surface area (Å²) in [6.07, 6.45) is 3.83. The van der Waals surface area contributed by atoms with E-state index in [9.17, 15) is 18.7 Å². The third kappa shape index (κ3) is 3.74. The van der Waals surface area contributed by atoms with Gasteiger partial charge in [0.1, 0.15) is 17.2 Å². The molecule has 0 aliphatic carbocycles. The zero-order valence-electron chi connectivity index (χ0n) is 21.4. The van der Waals surface area contributed by atoms with Crippen LogP contribution in [0.15, 0.2) is 48.8 Å². The average molecular weight is 520 g/mol. The van der Waals surface area contributed by atoms with Gasteiger partial charge in [-0.3, -0.25) is 4.79 Å². The smallest absolute Gasteiger partial charge is 0.387 e. The van der Waals surface area contributed by atoms with Gasteiger partial charge in [-0.1, -0.05) is 12.1 Å². The molecule has 2 atom stereocenters. The minimum absolute atomic E-state index is 0.00154. The first-order valence-corrected chi connectivity index (χ1v) is 12.5. The molecule has 4 aromatic rings. The molecule has 0 saturated heterocycles. The summed E-state index contributed by atoms with van der Waals surface area (Å²) in [6, 6.07) is 9.67. The van der Waals surface area contributed by atoms with E-state index in [1.807, 2.05) is 32.0 Å². The molecule has 2 aliphatic rings. The fraction of sp³-hybridized carbons (Fsp3) is 0.357. The zero-order valence-corrected chi connectivity index (χ0v) is 21.4. The highest BCUT2D eigenvalue weighted by Crippen LogP contribution is 2.51. The molecule has 4 heterocycles. The number of hydrogen-bond acceptors (Lipinski definition) is 6. The van der Waals surface area contributed by atoms with Crippen LogP contribution in [0.4, 0.5) is 8.78 Å². The summed E-state index contributed by atoms with van der Waals surface area (Å²) in [4.78, 5) is 29.0. The van der Waals surface area contributed by atoms with Crippen molar-refractivity contribution in [3.05, 3.63) is 71.6 Å². The summed E-state index contributed by atoms with van der Waals surface area (Å²) in [6.45, 7) is 4.12. The van der Waals surface area contributed by atoms with E-state index < -0.39 is 18.3 Å². The van der Waals surface area contributed by atoms with Gasteiger partial charge in [0.15, 0.2) is 5.82 Å². The van der Waals surface area contributed by atoms with E-state index in [2.05, 4.69) is 14.5 Å². The second-order valence-corrected chi connectivity index (χ2v) is 10.6. The van der Waals surface area contributed by atoms with Crippen molar-refractivity contribution in [2.24, 2.45) is 0 Å². The number of rotatable bonds is 5. The highest BCUT2D eigenvalue weighted by atomic mass is 19.3. The summed E-state index contributed by atoms with van der Waals surface area (Å²) in [5, 5.41) is 10.2. The van der Waals surface area contributed by atoms with Gasteiger partial charge in [-0.2, -0.15) is 8.78 Å². The SMILES string of the molecule is CC(C)N1C(=O)c2cccc(OC(F)F)c2C2CC1c1nc3ccc(-c4cnc(C(C)(C)O)nc4)cc3n12. The minimum atomic E-state index is -3.02. The van der Waals surface area contributed by atoms with E-state index in [4.69, 9.17) is 9.72 Å². The Kier molecular flexibility index (Phi) is 5.50. The predicted octanol–water partition coefficient (Wildman–Crippen LogP) is 5.22. The molecule has 0 saturated carbocycles.